The number of benzene rings is 2. The average molecular weight is 290 g/mol. The van der Waals surface area contributed by atoms with Crippen LogP contribution in [0.25, 0.3) is 0 Å². The van der Waals surface area contributed by atoms with Crippen molar-refractivity contribution in [1.29, 1.82) is 0 Å². The van der Waals surface area contributed by atoms with Gasteiger partial charge in [-0.25, -0.2) is 0 Å². The standard InChI is InChI=1S/C15H16BrN/c1-12(14-9-5-6-10-15(14)16)17-11-13-7-3-2-4-8-13/h2-10,12,17H,11H2,1H3/t12-/m0/s1. The Morgan fingerprint density at radius 1 is 1.00 bits per heavy atom. The Labute approximate surface area is 111 Å². The molecule has 1 atom stereocenters. The molecule has 1 N–H and O–H groups in total. The Morgan fingerprint density at radius 3 is 2.35 bits per heavy atom. The number of halogens is 1. The van der Waals surface area contributed by atoms with E-state index in [-0.39, 0.29) is 0 Å². The smallest absolute Gasteiger partial charge is 0.0306 e. The molecule has 0 amide bonds. The first kappa shape index (κ1) is 12.3. The van der Waals surface area contributed by atoms with Crippen LogP contribution in [0.4, 0.5) is 0 Å². The monoisotopic (exact) mass is 289 g/mol. The quantitative estimate of drug-likeness (QED) is 0.885. The van der Waals surface area contributed by atoms with Crippen LogP contribution in [-0.2, 0) is 6.54 Å². The van der Waals surface area contributed by atoms with Crippen molar-refractivity contribution >= 4 is 15.9 Å². The lowest BCUT2D eigenvalue weighted by Crippen LogP contribution is -2.18. The molecule has 2 aromatic rings. The fourth-order valence-electron chi connectivity index (χ4n) is 1.80. The molecule has 0 unspecified atom stereocenters. The fraction of sp³-hybridized carbons (Fsp3) is 0.200. The van der Waals surface area contributed by atoms with Crippen molar-refractivity contribution in [3.05, 3.63) is 70.2 Å². The van der Waals surface area contributed by atoms with E-state index >= 15 is 0 Å². The van der Waals surface area contributed by atoms with Gasteiger partial charge in [-0.2, -0.15) is 0 Å². The zero-order valence-electron chi connectivity index (χ0n) is 9.86. The molecular formula is C15H16BrN. The largest absolute Gasteiger partial charge is 0.306 e. The van der Waals surface area contributed by atoms with E-state index in [2.05, 4.69) is 70.6 Å². The number of hydrogen-bond acceptors (Lipinski definition) is 1. The van der Waals surface area contributed by atoms with Gasteiger partial charge in [0.2, 0.25) is 0 Å². The highest BCUT2D eigenvalue weighted by Crippen LogP contribution is 2.22. The Morgan fingerprint density at radius 2 is 1.65 bits per heavy atom. The summed E-state index contributed by atoms with van der Waals surface area (Å²) in [5.74, 6) is 0. The molecule has 0 aliphatic carbocycles. The molecule has 0 bridgehead atoms. The lowest BCUT2D eigenvalue weighted by molar-refractivity contribution is 0.573. The Kier molecular flexibility index (Phi) is 4.35. The van der Waals surface area contributed by atoms with Crippen molar-refractivity contribution in [2.75, 3.05) is 0 Å². The molecule has 0 aliphatic heterocycles. The fourth-order valence-corrected chi connectivity index (χ4v) is 2.43. The minimum atomic E-state index is 0.339. The molecule has 1 nitrogen and oxygen atoms in total. The second-order valence-corrected chi connectivity index (χ2v) is 4.96. The molecule has 0 saturated heterocycles. The summed E-state index contributed by atoms with van der Waals surface area (Å²) in [5.41, 5.74) is 2.61. The maximum Gasteiger partial charge on any atom is 0.0306 e. The maximum atomic E-state index is 3.58. The third-order valence-electron chi connectivity index (χ3n) is 2.83. The van der Waals surface area contributed by atoms with E-state index in [1.165, 1.54) is 11.1 Å². The van der Waals surface area contributed by atoms with E-state index in [0.29, 0.717) is 6.04 Å². The molecule has 88 valence electrons. The van der Waals surface area contributed by atoms with Gasteiger partial charge in [0.1, 0.15) is 0 Å². The molecule has 17 heavy (non-hydrogen) atoms. The van der Waals surface area contributed by atoms with Crippen LogP contribution in [-0.4, -0.2) is 0 Å². The van der Waals surface area contributed by atoms with Crippen LogP contribution in [0.15, 0.2) is 59.1 Å². The normalized spacial score (nSPS) is 12.4. The molecule has 0 fully saturated rings. The summed E-state index contributed by atoms with van der Waals surface area (Å²) in [4.78, 5) is 0. The van der Waals surface area contributed by atoms with Gasteiger partial charge in [-0.15, -0.1) is 0 Å². The summed E-state index contributed by atoms with van der Waals surface area (Å²) in [7, 11) is 0. The summed E-state index contributed by atoms with van der Waals surface area (Å²) < 4.78 is 1.16. The van der Waals surface area contributed by atoms with Gasteiger partial charge in [0.05, 0.1) is 0 Å². The lowest BCUT2D eigenvalue weighted by atomic mass is 10.1. The van der Waals surface area contributed by atoms with Gasteiger partial charge in [-0.05, 0) is 24.1 Å². The second-order valence-electron chi connectivity index (χ2n) is 4.11. The minimum Gasteiger partial charge on any atom is -0.306 e. The van der Waals surface area contributed by atoms with Gasteiger partial charge < -0.3 is 5.32 Å². The molecule has 0 radical (unpaired) electrons. The number of hydrogen-bond donors (Lipinski definition) is 1. The van der Waals surface area contributed by atoms with Crippen LogP contribution in [0.3, 0.4) is 0 Å². The van der Waals surface area contributed by atoms with Crippen LogP contribution in [0.2, 0.25) is 0 Å². The molecule has 2 heteroatoms. The second kappa shape index (κ2) is 5.99. The van der Waals surface area contributed by atoms with Crippen LogP contribution in [0.1, 0.15) is 24.1 Å². The summed E-state index contributed by atoms with van der Waals surface area (Å²) in [6.45, 7) is 3.08. The first-order chi connectivity index (χ1) is 8.27. The predicted octanol–water partition coefficient (Wildman–Crippen LogP) is 4.30. The zero-order valence-corrected chi connectivity index (χ0v) is 11.4. The van der Waals surface area contributed by atoms with Crippen molar-refractivity contribution in [3.8, 4) is 0 Å². The van der Waals surface area contributed by atoms with Gasteiger partial charge in [-0.1, -0.05) is 64.5 Å². The molecule has 2 aromatic carbocycles. The van der Waals surface area contributed by atoms with Gasteiger partial charge in [0.25, 0.3) is 0 Å². The average Bonchev–Trinajstić information content (AvgIpc) is 2.38. The first-order valence-electron chi connectivity index (χ1n) is 5.79. The Hall–Kier alpha value is -1.12. The van der Waals surface area contributed by atoms with Crippen LogP contribution >= 0.6 is 15.9 Å². The number of rotatable bonds is 4. The third kappa shape index (κ3) is 3.42. The molecule has 0 aromatic heterocycles. The Bertz CT molecular complexity index is 467. The highest BCUT2D eigenvalue weighted by atomic mass is 79.9. The summed E-state index contributed by atoms with van der Waals surface area (Å²) in [6, 6.07) is 19.1. The maximum absolute atomic E-state index is 3.58. The molecule has 2 rings (SSSR count). The molecule has 0 aliphatic rings. The van der Waals surface area contributed by atoms with Crippen molar-refractivity contribution in [2.24, 2.45) is 0 Å². The molecule has 0 spiro atoms. The van der Waals surface area contributed by atoms with Gasteiger partial charge in [0, 0.05) is 17.1 Å². The van der Waals surface area contributed by atoms with E-state index in [1.807, 2.05) is 12.1 Å². The van der Waals surface area contributed by atoms with E-state index in [1.54, 1.807) is 0 Å². The van der Waals surface area contributed by atoms with Gasteiger partial charge in [0.15, 0.2) is 0 Å². The zero-order chi connectivity index (χ0) is 12.1. The van der Waals surface area contributed by atoms with Crippen molar-refractivity contribution in [3.63, 3.8) is 0 Å². The SMILES string of the molecule is C[C@H](NCc1ccccc1)c1ccccc1Br. The minimum absolute atomic E-state index is 0.339. The van der Waals surface area contributed by atoms with E-state index in [9.17, 15) is 0 Å². The highest BCUT2D eigenvalue weighted by molar-refractivity contribution is 9.10. The predicted molar refractivity (Wildman–Crippen MR) is 75.8 cm³/mol. The molecule has 0 saturated carbocycles. The topological polar surface area (TPSA) is 12.0 Å². The van der Waals surface area contributed by atoms with E-state index in [4.69, 9.17) is 0 Å². The van der Waals surface area contributed by atoms with Crippen molar-refractivity contribution < 1.29 is 0 Å². The highest BCUT2D eigenvalue weighted by Gasteiger charge is 2.07. The Balaban J connectivity index is 1.99. The lowest BCUT2D eigenvalue weighted by Gasteiger charge is -2.15. The van der Waals surface area contributed by atoms with E-state index in [0.717, 1.165) is 11.0 Å². The first-order valence-corrected chi connectivity index (χ1v) is 6.58. The number of nitrogens with one attached hydrogen (secondary N) is 1. The van der Waals surface area contributed by atoms with Crippen molar-refractivity contribution in [2.45, 2.75) is 19.5 Å². The molecular weight excluding hydrogens is 274 g/mol. The summed E-state index contributed by atoms with van der Waals surface area (Å²) in [5, 5.41) is 3.53. The van der Waals surface area contributed by atoms with Crippen molar-refractivity contribution in [1.82, 2.24) is 5.32 Å². The summed E-state index contributed by atoms with van der Waals surface area (Å²) >= 11 is 3.58. The van der Waals surface area contributed by atoms with E-state index < -0.39 is 0 Å². The van der Waals surface area contributed by atoms with Crippen LogP contribution in [0, 0.1) is 0 Å². The molecule has 0 heterocycles. The summed E-state index contributed by atoms with van der Waals surface area (Å²) in [6.07, 6.45) is 0. The van der Waals surface area contributed by atoms with Gasteiger partial charge >= 0.3 is 0 Å². The van der Waals surface area contributed by atoms with Crippen LogP contribution < -0.4 is 5.32 Å². The third-order valence-corrected chi connectivity index (χ3v) is 3.55. The van der Waals surface area contributed by atoms with Gasteiger partial charge in [-0.3, -0.25) is 0 Å². The van der Waals surface area contributed by atoms with Crippen LogP contribution in [0.5, 0.6) is 0 Å².